The number of hydrogen-bond donors (Lipinski definition) is 1. The Hall–Kier alpha value is -1.20. The fraction of sp³-hybridized carbons (Fsp3) is 0.867. The standard InChI is InChI=1S/C15H24F2N2O2/c1-3-15(2)14(21)18-12(10-7-5-4-6-8-10)13(20)19(15)9-11(16)17/h10-12H,3-9H2,1-2H3,(H,18,21). The molecular formula is C15H24F2N2O2. The quantitative estimate of drug-likeness (QED) is 0.866. The predicted octanol–water partition coefficient (Wildman–Crippen LogP) is 2.33. The molecule has 0 aromatic carbocycles. The number of nitrogens with one attached hydrogen (secondary N) is 1. The number of nitrogens with zero attached hydrogens (tertiary/aromatic N) is 1. The van der Waals surface area contributed by atoms with Crippen molar-refractivity contribution in [3.8, 4) is 0 Å². The predicted molar refractivity (Wildman–Crippen MR) is 74.9 cm³/mol. The SMILES string of the molecule is CCC1(C)C(=O)NC(C2CCCCC2)C(=O)N1CC(F)F. The molecule has 1 aliphatic carbocycles. The van der Waals surface area contributed by atoms with Crippen LogP contribution in [0.2, 0.25) is 0 Å². The summed E-state index contributed by atoms with van der Waals surface area (Å²) in [6.07, 6.45) is 2.66. The van der Waals surface area contributed by atoms with Gasteiger partial charge in [-0.25, -0.2) is 8.78 Å². The van der Waals surface area contributed by atoms with E-state index < -0.39 is 24.6 Å². The van der Waals surface area contributed by atoms with Crippen LogP contribution < -0.4 is 5.32 Å². The lowest BCUT2D eigenvalue weighted by molar-refractivity contribution is -0.161. The third-order valence-electron chi connectivity index (χ3n) is 5.03. The monoisotopic (exact) mass is 302 g/mol. The van der Waals surface area contributed by atoms with E-state index in [9.17, 15) is 18.4 Å². The van der Waals surface area contributed by atoms with Crippen LogP contribution in [0.25, 0.3) is 0 Å². The third kappa shape index (κ3) is 3.04. The molecule has 0 spiro atoms. The molecule has 2 fully saturated rings. The van der Waals surface area contributed by atoms with Crippen molar-refractivity contribution in [3.05, 3.63) is 0 Å². The average Bonchev–Trinajstić information content (AvgIpc) is 2.48. The first-order valence-electron chi connectivity index (χ1n) is 7.80. The summed E-state index contributed by atoms with van der Waals surface area (Å²) in [5.74, 6) is -0.566. The molecule has 2 amide bonds. The smallest absolute Gasteiger partial charge is 0.255 e. The van der Waals surface area contributed by atoms with E-state index in [1.54, 1.807) is 13.8 Å². The molecule has 1 aliphatic heterocycles. The highest BCUT2D eigenvalue weighted by atomic mass is 19.3. The van der Waals surface area contributed by atoms with Gasteiger partial charge in [-0.3, -0.25) is 9.59 Å². The maximum Gasteiger partial charge on any atom is 0.255 e. The minimum Gasteiger partial charge on any atom is -0.342 e. The normalized spacial score (nSPS) is 31.7. The van der Waals surface area contributed by atoms with Gasteiger partial charge in [0.1, 0.15) is 11.6 Å². The number of alkyl halides is 2. The molecule has 2 unspecified atom stereocenters. The maximum absolute atomic E-state index is 12.8. The van der Waals surface area contributed by atoms with Gasteiger partial charge in [0.25, 0.3) is 6.43 Å². The molecule has 1 saturated carbocycles. The molecule has 21 heavy (non-hydrogen) atoms. The Morgan fingerprint density at radius 3 is 2.43 bits per heavy atom. The van der Waals surface area contributed by atoms with Gasteiger partial charge in [0, 0.05) is 0 Å². The fourth-order valence-corrected chi connectivity index (χ4v) is 3.46. The van der Waals surface area contributed by atoms with Crippen molar-refractivity contribution in [1.82, 2.24) is 10.2 Å². The van der Waals surface area contributed by atoms with Gasteiger partial charge in [-0.05, 0) is 32.1 Å². The minimum absolute atomic E-state index is 0.0804. The lowest BCUT2D eigenvalue weighted by Crippen LogP contribution is -2.71. The second-order valence-electron chi connectivity index (χ2n) is 6.32. The zero-order chi connectivity index (χ0) is 15.6. The van der Waals surface area contributed by atoms with Crippen LogP contribution in [0.15, 0.2) is 0 Å². The van der Waals surface area contributed by atoms with Gasteiger partial charge in [-0.15, -0.1) is 0 Å². The molecule has 1 heterocycles. The third-order valence-corrected chi connectivity index (χ3v) is 5.03. The molecule has 0 aromatic rings. The molecule has 0 radical (unpaired) electrons. The molecule has 0 bridgehead atoms. The second kappa shape index (κ2) is 6.28. The van der Waals surface area contributed by atoms with Gasteiger partial charge in [0.2, 0.25) is 11.8 Å². The van der Waals surface area contributed by atoms with Crippen LogP contribution >= 0.6 is 0 Å². The summed E-state index contributed by atoms with van der Waals surface area (Å²) < 4.78 is 25.7. The van der Waals surface area contributed by atoms with Crippen molar-refractivity contribution in [2.75, 3.05) is 6.54 Å². The van der Waals surface area contributed by atoms with Crippen LogP contribution in [-0.4, -0.2) is 41.3 Å². The largest absolute Gasteiger partial charge is 0.342 e. The Labute approximate surface area is 124 Å². The van der Waals surface area contributed by atoms with E-state index >= 15 is 0 Å². The number of carbonyl (C=O) groups is 2. The van der Waals surface area contributed by atoms with E-state index in [0.717, 1.165) is 37.0 Å². The van der Waals surface area contributed by atoms with Gasteiger partial charge in [-0.2, -0.15) is 0 Å². The van der Waals surface area contributed by atoms with Crippen LogP contribution in [0.4, 0.5) is 8.78 Å². The first kappa shape index (κ1) is 16.2. The maximum atomic E-state index is 12.8. The summed E-state index contributed by atoms with van der Waals surface area (Å²) >= 11 is 0. The summed E-state index contributed by atoms with van der Waals surface area (Å²) in [6.45, 7) is 2.64. The van der Waals surface area contributed by atoms with Gasteiger partial charge in [0.05, 0.1) is 6.54 Å². The van der Waals surface area contributed by atoms with E-state index in [0.29, 0.717) is 6.42 Å². The van der Waals surface area contributed by atoms with Gasteiger partial charge < -0.3 is 10.2 Å². The van der Waals surface area contributed by atoms with Crippen molar-refractivity contribution in [2.24, 2.45) is 5.92 Å². The second-order valence-corrected chi connectivity index (χ2v) is 6.32. The van der Waals surface area contributed by atoms with Crippen LogP contribution in [0.1, 0.15) is 52.4 Å². The Bertz CT molecular complexity index is 410. The van der Waals surface area contributed by atoms with Crippen molar-refractivity contribution in [1.29, 1.82) is 0 Å². The molecule has 1 saturated heterocycles. The molecule has 2 atom stereocenters. The van der Waals surface area contributed by atoms with Gasteiger partial charge in [-0.1, -0.05) is 26.2 Å². The van der Waals surface area contributed by atoms with Crippen molar-refractivity contribution in [2.45, 2.75) is 70.4 Å². The summed E-state index contributed by atoms with van der Waals surface area (Å²) in [7, 11) is 0. The number of rotatable bonds is 4. The van der Waals surface area contributed by atoms with Gasteiger partial charge >= 0.3 is 0 Å². The number of carbonyl (C=O) groups excluding carboxylic acids is 2. The van der Waals surface area contributed by atoms with Crippen LogP contribution in [0, 0.1) is 5.92 Å². The van der Waals surface area contributed by atoms with E-state index in [2.05, 4.69) is 5.32 Å². The molecule has 1 N–H and O–H groups in total. The highest BCUT2D eigenvalue weighted by Gasteiger charge is 2.50. The van der Waals surface area contributed by atoms with E-state index in [4.69, 9.17) is 0 Å². The Morgan fingerprint density at radius 1 is 1.29 bits per heavy atom. The molecular weight excluding hydrogens is 278 g/mol. The summed E-state index contributed by atoms with van der Waals surface area (Å²) in [4.78, 5) is 26.2. The van der Waals surface area contributed by atoms with E-state index in [1.165, 1.54) is 0 Å². The fourth-order valence-electron chi connectivity index (χ4n) is 3.46. The molecule has 2 rings (SSSR count). The summed E-state index contributed by atoms with van der Waals surface area (Å²) in [6, 6.07) is -0.629. The Balaban J connectivity index is 2.24. The topological polar surface area (TPSA) is 49.4 Å². The molecule has 120 valence electrons. The minimum atomic E-state index is -2.63. The van der Waals surface area contributed by atoms with E-state index in [-0.39, 0.29) is 17.7 Å². The average molecular weight is 302 g/mol. The van der Waals surface area contributed by atoms with Crippen LogP contribution in [-0.2, 0) is 9.59 Å². The highest BCUT2D eigenvalue weighted by molar-refractivity contribution is 5.99. The van der Waals surface area contributed by atoms with Crippen molar-refractivity contribution < 1.29 is 18.4 Å². The molecule has 2 aliphatic rings. The van der Waals surface area contributed by atoms with Crippen molar-refractivity contribution >= 4 is 11.8 Å². The first-order valence-corrected chi connectivity index (χ1v) is 7.80. The van der Waals surface area contributed by atoms with Crippen LogP contribution in [0.3, 0.4) is 0 Å². The van der Waals surface area contributed by atoms with E-state index in [1.807, 2.05) is 0 Å². The summed E-state index contributed by atoms with van der Waals surface area (Å²) in [5, 5.41) is 2.81. The summed E-state index contributed by atoms with van der Waals surface area (Å²) in [5.41, 5.74) is -1.17. The lowest BCUT2D eigenvalue weighted by atomic mass is 9.80. The number of piperazine rings is 1. The van der Waals surface area contributed by atoms with Crippen LogP contribution in [0.5, 0.6) is 0 Å². The van der Waals surface area contributed by atoms with Crippen molar-refractivity contribution in [3.63, 3.8) is 0 Å². The number of halogens is 2. The zero-order valence-electron chi connectivity index (χ0n) is 12.7. The molecule has 4 nitrogen and oxygen atoms in total. The number of hydrogen-bond acceptors (Lipinski definition) is 2. The molecule has 0 aromatic heterocycles. The zero-order valence-corrected chi connectivity index (χ0v) is 12.7. The van der Waals surface area contributed by atoms with Gasteiger partial charge in [0.15, 0.2) is 0 Å². The number of amides is 2. The Kier molecular flexibility index (Phi) is 4.84. The first-order chi connectivity index (χ1) is 9.90. The highest BCUT2D eigenvalue weighted by Crippen LogP contribution is 2.33. The Morgan fingerprint density at radius 2 is 1.90 bits per heavy atom. The lowest BCUT2D eigenvalue weighted by Gasteiger charge is -2.47. The molecule has 6 heteroatoms.